The second-order valence-electron chi connectivity index (χ2n) is 2.49. The fourth-order valence-corrected chi connectivity index (χ4v) is 1.20. The van der Waals surface area contributed by atoms with Crippen molar-refractivity contribution >= 4 is 17.2 Å². The van der Waals surface area contributed by atoms with Gasteiger partial charge in [-0.15, -0.1) is 0 Å². The van der Waals surface area contributed by atoms with Gasteiger partial charge in [0.05, 0.1) is 5.69 Å². The lowest BCUT2D eigenvalue weighted by Crippen LogP contribution is -2.22. The van der Waals surface area contributed by atoms with Gasteiger partial charge in [0.15, 0.2) is 0 Å². The predicted molar refractivity (Wildman–Crippen MR) is 55.4 cm³/mol. The number of aromatic nitrogens is 1. The third kappa shape index (κ3) is 2.75. The summed E-state index contributed by atoms with van der Waals surface area (Å²) < 4.78 is 5.36. The zero-order valence-electron chi connectivity index (χ0n) is 7.43. The van der Waals surface area contributed by atoms with Crippen LogP contribution in [0.15, 0.2) is 24.4 Å². The molecule has 1 rings (SSSR count). The molecule has 0 aliphatic rings. The maximum Gasteiger partial charge on any atom is 0.149 e. The van der Waals surface area contributed by atoms with Gasteiger partial charge in [0.1, 0.15) is 11.1 Å². The van der Waals surface area contributed by atoms with Crippen molar-refractivity contribution in [1.82, 2.24) is 4.98 Å². The number of thiocarbonyl (C=S) groups is 1. The van der Waals surface area contributed by atoms with Gasteiger partial charge in [-0.3, -0.25) is 4.98 Å². The van der Waals surface area contributed by atoms with E-state index >= 15 is 0 Å². The summed E-state index contributed by atoms with van der Waals surface area (Å²) in [4.78, 5) is 4.45. The first-order valence-electron chi connectivity index (χ1n) is 4.07. The average molecular weight is 196 g/mol. The van der Waals surface area contributed by atoms with Crippen molar-refractivity contribution in [2.24, 2.45) is 5.73 Å². The van der Waals surface area contributed by atoms with Gasteiger partial charge in [-0.25, -0.2) is 0 Å². The van der Waals surface area contributed by atoms with E-state index in [1.807, 2.05) is 25.1 Å². The molecule has 2 N–H and O–H groups in total. The second kappa shape index (κ2) is 4.89. The molecule has 1 heterocycles. The van der Waals surface area contributed by atoms with Gasteiger partial charge in [-0.2, -0.15) is 0 Å². The molecular formula is C9H12N2OS. The molecule has 0 fully saturated rings. The summed E-state index contributed by atoms with van der Waals surface area (Å²) in [6, 6.07) is 5.57. The third-order valence-electron chi connectivity index (χ3n) is 1.55. The van der Waals surface area contributed by atoms with Crippen LogP contribution in [-0.2, 0) is 4.74 Å². The van der Waals surface area contributed by atoms with Crippen LogP contribution in [-0.4, -0.2) is 16.6 Å². The minimum atomic E-state index is -0.360. The molecule has 1 unspecified atom stereocenters. The summed E-state index contributed by atoms with van der Waals surface area (Å²) >= 11 is 4.88. The highest BCUT2D eigenvalue weighted by Crippen LogP contribution is 2.14. The Bertz CT molecular complexity index is 276. The topological polar surface area (TPSA) is 48.1 Å². The zero-order valence-corrected chi connectivity index (χ0v) is 8.25. The molecule has 0 amide bonds. The number of hydrogen-bond acceptors (Lipinski definition) is 3. The van der Waals surface area contributed by atoms with Crippen molar-refractivity contribution in [1.29, 1.82) is 0 Å². The Labute approximate surface area is 82.9 Å². The minimum absolute atomic E-state index is 0.320. The van der Waals surface area contributed by atoms with Crippen LogP contribution < -0.4 is 5.73 Å². The van der Waals surface area contributed by atoms with Gasteiger partial charge in [0, 0.05) is 12.8 Å². The van der Waals surface area contributed by atoms with E-state index in [9.17, 15) is 0 Å². The molecule has 13 heavy (non-hydrogen) atoms. The Balaban J connectivity index is 2.82. The normalized spacial score (nSPS) is 12.4. The highest BCUT2D eigenvalue weighted by Gasteiger charge is 2.14. The Morgan fingerprint density at radius 2 is 2.46 bits per heavy atom. The molecule has 3 nitrogen and oxygen atoms in total. The number of pyridine rings is 1. The highest BCUT2D eigenvalue weighted by molar-refractivity contribution is 7.80. The van der Waals surface area contributed by atoms with E-state index < -0.39 is 0 Å². The van der Waals surface area contributed by atoms with Crippen LogP contribution in [0.5, 0.6) is 0 Å². The molecule has 4 heteroatoms. The second-order valence-corrected chi connectivity index (χ2v) is 2.96. The average Bonchev–Trinajstić information content (AvgIpc) is 2.15. The number of hydrogen-bond donors (Lipinski definition) is 1. The summed E-state index contributed by atoms with van der Waals surface area (Å²) in [6.07, 6.45) is 1.33. The van der Waals surface area contributed by atoms with E-state index in [4.69, 9.17) is 22.7 Å². The molecule has 1 atom stereocenters. The van der Waals surface area contributed by atoms with Gasteiger partial charge in [0.2, 0.25) is 0 Å². The number of nitrogens with zero attached hydrogens (tertiary/aromatic N) is 1. The fourth-order valence-electron chi connectivity index (χ4n) is 1.01. The summed E-state index contributed by atoms with van der Waals surface area (Å²) in [7, 11) is 0. The largest absolute Gasteiger partial charge is 0.391 e. The van der Waals surface area contributed by atoms with Crippen LogP contribution >= 0.6 is 12.2 Å². The van der Waals surface area contributed by atoms with Crippen molar-refractivity contribution < 1.29 is 4.74 Å². The smallest absolute Gasteiger partial charge is 0.149 e. The van der Waals surface area contributed by atoms with Gasteiger partial charge in [-0.1, -0.05) is 18.3 Å². The Morgan fingerprint density at radius 3 is 2.92 bits per heavy atom. The van der Waals surface area contributed by atoms with E-state index in [-0.39, 0.29) is 6.10 Å². The molecule has 0 radical (unpaired) electrons. The van der Waals surface area contributed by atoms with Crippen LogP contribution in [0.25, 0.3) is 0 Å². The lowest BCUT2D eigenvalue weighted by atomic mass is 10.2. The fraction of sp³-hybridized carbons (Fsp3) is 0.333. The van der Waals surface area contributed by atoms with Gasteiger partial charge in [-0.05, 0) is 19.1 Å². The van der Waals surface area contributed by atoms with E-state index in [0.717, 1.165) is 5.69 Å². The standard InChI is InChI=1S/C9H12N2OS/c1-2-12-8(9(10)13)7-5-3-4-6-11-7/h3-6,8H,2H2,1H3,(H2,10,13). The SMILES string of the molecule is CCOC(C(N)=S)c1ccccn1. The zero-order chi connectivity index (χ0) is 9.68. The van der Waals surface area contributed by atoms with Crippen molar-refractivity contribution in [3.63, 3.8) is 0 Å². The minimum Gasteiger partial charge on any atom is -0.391 e. The maximum absolute atomic E-state index is 5.52. The van der Waals surface area contributed by atoms with Crippen molar-refractivity contribution in [2.75, 3.05) is 6.61 Å². The molecule has 0 saturated carbocycles. The van der Waals surface area contributed by atoms with Gasteiger partial charge >= 0.3 is 0 Å². The molecule has 0 aromatic carbocycles. The Morgan fingerprint density at radius 1 is 1.69 bits per heavy atom. The van der Waals surface area contributed by atoms with E-state index in [1.165, 1.54) is 0 Å². The molecular weight excluding hydrogens is 184 g/mol. The van der Waals surface area contributed by atoms with Crippen LogP contribution in [0.2, 0.25) is 0 Å². The summed E-state index contributed by atoms with van der Waals surface area (Å²) in [5.41, 5.74) is 6.28. The molecule has 70 valence electrons. The molecule has 0 spiro atoms. The molecule has 0 aliphatic heterocycles. The molecule has 0 bridgehead atoms. The molecule has 0 saturated heterocycles. The number of ether oxygens (including phenoxy) is 1. The van der Waals surface area contributed by atoms with Crippen LogP contribution in [0.3, 0.4) is 0 Å². The van der Waals surface area contributed by atoms with E-state index in [2.05, 4.69) is 4.98 Å². The first kappa shape index (κ1) is 10.1. The summed E-state index contributed by atoms with van der Waals surface area (Å²) in [5, 5.41) is 0. The molecule has 0 aliphatic carbocycles. The van der Waals surface area contributed by atoms with Crippen LogP contribution in [0.4, 0.5) is 0 Å². The van der Waals surface area contributed by atoms with Gasteiger partial charge < -0.3 is 10.5 Å². The Hall–Kier alpha value is -1.00. The predicted octanol–water partition coefficient (Wildman–Crippen LogP) is 1.45. The molecule has 1 aromatic heterocycles. The molecule has 1 aromatic rings. The van der Waals surface area contributed by atoms with Crippen LogP contribution in [0, 0.1) is 0 Å². The number of rotatable bonds is 4. The lowest BCUT2D eigenvalue weighted by molar-refractivity contribution is 0.108. The van der Waals surface area contributed by atoms with E-state index in [0.29, 0.717) is 11.6 Å². The monoisotopic (exact) mass is 196 g/mol. The first-order chi connectivity index (χ1) is 6.25. The van der Waals surface area contributed by atoms with Crippen LogP contribution in [0.1, 0.15) is 18.7 Å². The third-order valence-corrected chi connectivity index (χ3v) is 1.76. The Kier molecular flexibility index (Phi) is 3.79. The van der Waals surface area contributed by atoms with Gasteiger partial charge in [0.25, 0.3) is 0 Å². The summed E-state index contributed by atoms with van der Waals surface area (Å²) in [6.45, 7) is 2.47. The van der Waals surface area contributed by atoms with Crippen molar-refractivity contribution in [3.8, 4) is 0 Å². The number of nitrogens with two attached hydrogens (primary N) is 1. The van der Waals surface area contributed by atoms with Crippen molar-refractivity contribution in [3.05, 3.63) is 30.1 Å². The maximum atomic E-state index is 5.52. The highest BCUT2D eigenvalue weighted by atomic mass is 32.1. The van der Waals surface area contributed by atoms with Crippen molar-refractivity contribution in [2.45, 2.75) is 13.0 Å². The first-order valence-corrected chi connectivity index (χ1v) is 4.48. The lowest BCUT2D eigenvalue weighted by Gasteiger charge is -2.14. The van der Waals surface area contributed by atoms with E-state index in [1.54, 1.807) is 6.20 Å². The summed E-state index contributed by atoms with van der Waals surface area (Å²) in [5.74, 6) is 0. The quantitative estimate of drug-likeness (QED) is 0.740.